The fraction of sp³-hybridized carbons (Fsp3) is 0.235. The molecule has 25 heavy (non-hydrogen) atoms. The number of hydrogen-bond donors (Lipinski definition) is 0. The van der Waals surface area contributed by atoms with Crippen LogP contribution in [-0.2, 0) is 22.6 Å². The van der Waals surface area contributed by atoms with Gasteiger partial charge in [0.05, 0.1) is 25.5 Å². The lowest BCUT2D eigenvalue weighted by molar-refractivity contribution is -0.144. The molecule has 0 saturated heterocycles. The van der Waals surface area contributed by atoms with Crippen molar-refractivity contribution in [1.29, 1.82) is 0 Å². The number of esters is 1. The molecule has 3 aromatic rings. The Balaban J connectivity index is 1.56. The number of carbonyl (C=O) groups excluding carboxylic acids is 1. The fourth-order valence-corrected chi connectivity index (χ4v) is 2.82. The van der Waals surface area contributed by atoms with Crippen molar-refractivity contribution >= 4 is 17.3 Å². The van der Waals surface area contributed by atoms with Crippen LogP contribution in [0.15, 0.2) is 40.2 Å². The third-order valence-corrected chi connectivity index (χ3v) is 4.23. The van der Waals surface area contributed by atoms with Gasteiger partial charge in [0.25, 0.3) is 5.89 Å². The van der Waals surface area contributed by atoms with Gasteiger partial charge in [-0.15, -0.1) is 11.3 Å². The fourth-order valence-electron chi connectivity index (χ4n) is 2.17. The molecule has 2 aromatic heterocycles. The Labute approximate surface area is 148 Å². The highest BCUT2D eigenvalue weighted by atomic mass is 32.1. The van der Waals surface area contributed by atoms with Gasteiger partial charge in [0.15, 0.2) is 18.1 Å². The van der Waals surface area contributed by atoms with Gasteiger partial charge in [-0.05, 0) is 29.1 Å². The predicted molar refractivity (Wildman–Crippen MR) is 90.7 cm³/mol. The number of thiophene rings is 1. The Kier molecular flexibility index (Phi) is 5.30. The zero-order chi connectivity index (χ0) is 17.6. The van der Waals surface area contributed by atoms with E-state index in [0.29, 0.717) is 17.3 Å². The van der Waals surface area contributed by atoms with E-state index < -0.39 is 5.97 Å². The summed E-state index contributed by atoms with van der Waals surface area (Å²) in [5.74, 6) is 1.50. The summed E-state index contributed by atoms with van der Waals surface area (Å²) in [4.78, 5) is 17.1. The number of methoxy groups -OCH3 is 2. The molecule has 0 radical (unpaired) electrons. The summed E-state index contributed by atoms with van der Waals surface area (Å²) in [5, 5.41) is 5.79. The molecule has 2 heterocycles. The first-order valence-corrected chi connectivity index (χ1v) is 8.30. The highest BCUT2D eigenvalue weighted by Gasteiger charge is 2.13. The van der Waals surface area contributed by atoms with Crippen molar-refractivity contribution in [2.45, 2.75) is 13.0 Å². The molecule has 0 aliphatic heterocycles. The van der Waals surface area contributed by atoms with Crippen LogP contribution in [0.5, 0.6) is 11.5 Å². The number of nitrogens with zero attached hydrogens (tertiary/aromatic N) is 2. The summed E-state index contributed by atoms with van der Waals surface area (Å²) < 4.78 is 20.7. The van der Waals surface area contributed by atoms with E-state index in [0.717, 1.165) is 10.4 Å². The molecule has 0 amide bonds. The molecule has 0 N–H and O–H groups in total. The van der Waals surface area contributed by atoms with E-state index in [1.165, 1.54) is 11.3 Å². The van der Waals surface area contributed by atoms with Crippen molar-refractivity contribution in [2.24, 2.45) is 0 Å². The van der Waals surface area contributed by atoms with E-state index in [9.17, 15) is 4.79 Å². The molecule has 0 aliphatic rings. The van der Waals surface area contributed by atoms with E-state index in [4.69, 9.17) is 18.7 Å². The molecule has 7 nitrogen and oxygen atoms in total. The highest BCUT2D eigenvalue weighted by Crippen LogP contribution is 2.27. The summed E-state index contributed by atoms with van der Waals surface area (Å²) in [6, 6.07) is 9.06. The van der Waals surface area contributed by atoms with Gasteiger partial charge in [0, 0.05) is 0 Å². The minimum atomic E-state index is -0.400. The standard InChI is InChI=1S/C17H16N2O5S/c1-21-12-6-5-11(8-13(12)22-2)9-16(20)23-10-15-18-17(19-24-15)14-4-3-7-25-14/h3-8H,9-10H2,1-2H3. The van der Waals surface area contributed by atoms with Gasteiger partial charge < -0.3 is 18.7 Å². The van der Waals surface area contributed by atoms with Crippen LogP contribution in [0, 0.1) is 0 Å². The molecule has 0 saturated carbocycles. The SMILES string of the molecule is COc1ccc(CC(=O)OCc2nc(-c3cccs3)no2)cc1OC. The number of aromatic nitrogens is 2. The van der Waals surface area contributed by atoms with Crippen molar-refractivity contribution in [3.05, 3.63) is 47.2 Å². The first-order chi connectivity index (χ1) is 12.2. The van der Waals surface area contributed by atoms with E-state index in [1.54, 1.807) is 32.4 Å². The smallest absolute Gasteiger partial charge is 0.310 e. The van der Waals surface area contributed by atoms with Gasteiger partial charge >= 0.3 is 5.97 Å². The minimum Gasteiger partial charge on any atom is -0.493 e. The zero-order valence-electron chi connectivity index (χ0n) is 13.7. The van der Waals surface area contributed by atoms with Crippen LogP contribution >= 0.6 is 11.3 Å². The lowest BCUT2D eigenvalue weighted by Crippen LogP contribution is -2.08. The minimum absolute atomic E-state index is 0.0650. The van der Waals surface area contributed by atoms with E-state index >= 15 is 0 Å². The largest absolute Gasteiger partial charge is 0.493 e. The second-order valence-corrected chi connectivity index (χ2v) is 5.96. The van der Waals surface area contributed by atoms with Crippen LogP contribution in [0.2, 0.25) is 0 Å². The van der Waals surface area contributed by atoms with Crippen molar-refractivity contribution in [3.8, 4) is 22.2 Å². The third kappa shape index (κ3) is 4.16. The van der Waals surface area contributed by atoms with Crippen LogP contribution in [0.3, 0.4) is 0 Å². The Morgan fingerprint density at radius 3 is 2.76 bits per heavy atom. The molecular formula is C17H16N2O5S. The maximum absolute atomic E-state index is 12.0. The Morgan fingerprint density at radius 1 is 1.20 bits per heavy atom. The van der Waals surface area contributed by atoms with Crippen molar-refractivity contribution in [3.63, 3.8) is 0 Å². The molecule has 0 fully saturated rings. The molecule has 0 spiro atoms. The van der Waals surface area contributed by atoms with Crippen LogP contribution < -0.4 is 9.47 Å². The van der Waals surface area contributed by atoms with Crippen molar-refractivity contribution < 1.29 is 23.5 Å². The molecule has 0 bridgehead atoms. The number of rotatable bonds is 7. The highest BCUT2D eigenvalue weighted by molar-refractivity contribution is 7.13. The summed E-state index contributed by atoms with van der Waals surface area (Å²) >= 11 is 1.51. The third-order valence-electron chi connectivity index (χ3n) is 3.36. The van der Waals surface area contributed by atoms with E-state index in [1.807, 2.05) is 17.5 Å². The van der Waals surface area contributed by atoms with Crippen LogP contribution in [0.25, 0.3) is 10.7 Å². The monoisotopic (exact) mass is 360 g/mol. The number of hydrogen-bond acceptors (Lipinski definition) is 8. The topological polar surface area (TPSA) is 83.7 Å². The Morgan fingerprint density at radius 2 is 2.04 bits per heavy atom. The molecule has 1 aromatic carbocycles. The Bertz CT molecular complexity index is 845. The normalized spacial score (nSPS) is 10.5. The second-order valence-electron chi connectivity index (χ2n) is 5.02. The van der Waals surface area contributed by atoms with Crippen LogP contribution in [0.1, 0.15) is 11.5 Å². The number of benzene rings is 1. The number of carbonyl (C=O) groups is 1. The molecule has 8 heteroatoms. The summed E-state index contributed by atoms with van der Waals surface area (Å²) in [7, 11) is 3.10. The summed E-state index contributed by atoms with van der Waals surface area (Å²) in [6.07, 6.45) is 0.103. The summed E-state index contributed by atoms with van der Waals surface area (Å²) in [6.45, 7) is -0.0650. The maximum atomic E-state index is 12.0. The van der Waals surface area contributed by atoms with Gasteiger partial charge in [-0.2, -0.15) is 4.98 Å². The van der Waals surface area contributed by atoms with E-state index in [-0.39, 0.29) is 18.9 Å². The van der Waals surface area contributed by atoms with Gasteiger partial charge in [0.2, 0.25) is 5.82 Å². The van der Waals surface area contributed by atoms with Gasteiger partial charge in [-0.25, -0.2) is 0 Å². The first-order valence-electron chi connectivity index (χ1n) is 7.42. The molecule has 0 atom stereocenters. The van der Waals surface area contributed by atoms with Gasteiger partial charge in [0.1, 0.15) is 0 Å². The Hall–Kier alpha value is -2.87. The first kappa shape index (κ1) is 17.0. The summed E-state index contributed by atoms with van der Waals surface area (Å²) in [5.41, 5.74) is 0.757. The molecule has 0 unspecified atom stereocenters. The van der Waals surface area contributed by atoms with Crippen LogP contribution in [-0.4, -0.2) is 30.3 Å². The molecule has 3 rings (SSSR count). The lowest BCUT2D eigenvalue weighted by atomic mass is 10.1. The zero-order valence-corrected chi connectivity index (χ0v) is 14.5. The van der Waals surface area contributed by atoms with Gasteiger partial charge in [-0.1, -0.05) is 17.3 Å². The van der Waals surface area contributed by atoms with Gasteiger partial charge in [-0.3, -0.25) is 4.79 Å². The maximum Gasteiger partial charge on any atom is 0.310 e. The number of ether oxygens (including phenoxy) is 3. The lowest BCUT2D eigenvalue weighted by Gasteiger charge is -2.09. The van der Waals surface area contributed by atoms with E-state index in [2.05, 4.69) is 10.1 Å². The van der Waals surface area contributed by atoms with Crippen LogP contribution in [0.4, 0.5) is 0 Å². The van der Waals surface area contributed by atoms with Crippen molar-refractivity contribution in [2.75, 3.05) is 14.2 Å². The molecule has 130 valence electrons. The predicted octanol–water partition coefficient (Wildman–Crippen LogP) is 3.10. The molecular weight excluding hydrogens is 344 g/mol. The quantitative estimate of drug-likeness (QED) is 0.599. The van der Waals surface area contributed by atoms with Crippen molar-refractivity contribution in [1.82, 2.24) is 10.1 Å². The average molecular weight is 360 g/mol. The molecule has 0 aliphatic carbocycles. The average Bonchev–Trinajstić information content (AvgIpc) is 3.31. The second kappa shape index (κ2) is 7.80.